The number of anilines is 1. The highest BCUT2D eigenvalue weighted by Crippen LogP contribution is 2.48. The molecule has 1 fully saturated rings. The maximum Gasteiger partial charge on any atom is 0.356 e. The maximum absolute atomic E-state index is 13.1. The van der Waals surface area contributed by atoms with Gasteiger partial charge in [-0.2, -0.15) is 0 Å². The Morgan fingerprint density at radius 1 is 1.37 bits per heavy atom. The van der Waals surface area contributed by atoms with Crippen molar-refractivity contribution >= 4 is 46.0 Å². The molecule has 3 aromatic rings. The molecular formula is C23H21N5O6S. The van der Waals surface area contributed by atoms with Gasteiger partial charge in [-0.3, -0.25) is 14.9 Å². The zero-order valence-electron chi connectivity index (χ0n) is 18.5. The molecule has 1 amide bonds. The Kier molecular flexibility index (Phi) is 5.69. The number of aromatic amines is 1. The summed E-state index contributed by atoms with van der Waals surface area (Å²) in [4.78, 5) is 45.9. The van der Waals surface area contributed by atoms with Crippen molar-refractivity contribution in [2.24, 2.45) is 5.92 Å². The van der Waals surface area contributed by atoms with E-state index in [1.807, 2.05) is 0 Å². The number of fused-ring (bicyclic) bond motifs is 2. The number of nitro benzene ring substituents is 1. The Labute approximate surface area is 203 Å². The average molecular weight is 496 g/mol. The number of carbonyl (C=O) groups excluding carboxylic acids is 2. The number of hydrogen-bond acceptors (Lipinski definition) is 9. The molecule has 4 N–H and O–H groups in total. The van der Waals surface area contributed by atoms with Gasteiger partial charge in [-0.15, -0.1) is 0 Å². The van der Waals surface area contributed by atoms with E-state index in [0.717, 1.165) is 5.52 Å². The number of nitro groups is 1. The van der Waals surface area contributed by atoms with Gasteiger partial charge in [0.25, 0.3) is 5.69 Å². The Balaban J connectivity index is 1.40. The number of rotatable bonds is 7. The minimum absolute atomic E-state index is 0.0666. The van der Waals surface area contributed by atoms with Gasteiger partial charge in [0.05, 0.1) is 34.0 Å². The number of nitrogens with one attached hydrogen (secondary N) is 1. The van der Waals surface area contributed by atoms with Crippen molar-refractivity contribution in [3.05, 3.63) is 68.7 Å². The van der Waals surface area contributed by atoms with Gasteiger partial charge >= 0.3 is 5.97 Å². The van der Waals surface area contributed by atoms with Crippen molar-refractivity contribution in [1.29, 1.82) is 0 Å². The summed E-state index contributed by atoms with van der Waals surface area (Å²) >= 11 is 1.23. The Bertz CT molecular complexity index is 1380. The molecule has 0 saturated carbocycles. The largest absolute Gasteiger partial charge is 0.456 e. The number of imidazole rings is 1. The number of non-ortho nitro benzene ring substituents is 1. The van der Waals surface area contributed by atoms with Crippen LogP contribution in [0, 0.1) is 16.0 Å². The van der Waals surface area contributed by atoms with Gasteiger partial charge in [0.15, 0.2) is 5.16 Å². The van der Waals surface area contributed by atoms with Crippen molar-refractivity contribution in [3.8, 4) is 0 Å². The number of esters is 1. The minimum atomic E-state index is -0.848. The maximum atomic E-state index is 13.1. The summed E-state index contributed by atoms with van der Waals surface area (Å²) in [7, 11) is 0. The summed E-state index contributed by atoms with van der Waals surface area (Å²) in [5, 5.41) is 21.4. The predicted molar refractivity (Wildman–Crippen MR) is 127 cm³/mol. The molecule has 0 unspecified atom stereocenters. The van der Waals surface area contributed by atoms with Crippen LogP contribution in [0.25, 0.3) is 11.0 Å². The van der Waals surface area contributed by atoms with Crippen LogP contribution in [0.4, 0.5) is 11.4 Å². The average Bonchev–Trinajstić information content (AvgIpc) is 3.35. The Morgan fingerprint density at radius 2 is 2.11 bits per heavy atom. The molecule has 0 spiro atoms. The smallest absolute Gasteiger partial charge is 0.356 e. The normalized spacial score (nSPS) is 20.1. The third kappa shape index (κ3) is 4.10. The van der Waals surface area contributed by atoms with E-state index >= 15 is 0 Å². The topological polar surface area (TPSA) is 165 Å². The number of hydrogen-bond donors (Lipinski definition) is 3. The van der Waals surface area contributed by atoms with Gasteiger partial charge in [-0.05, 0) is 42.8 Å². The first-order valence-corrected chi connectivity index (χ1v) is 11.6. The number of aromatic nitrogens is 2. The zero-order chi connectivity index (χ0) is 24.9. The van der Waals surface area contributed by atoms with Crippen LogP contribution in [-0.2, 0) is 20.9 Å². The lowest BCUT2D eigenvalue weighted by atomic mass is 9.83. The summed E-state index contributed by atoms with van der Waals surface area (Å²) < 4.78 is 5.47. The number of ether oxygens (including phenoxy) is 1. The SMILES string of the molecule is C[C@@H](O)[C@H]1C(=O)N2C(C(=O)OCc3ccc([N+](=O)[O-])cc3)=C(Sc3nc4ccc(N)cc4[nH]3)C[C@H]12. The van der Waals surface area contributed by atoms with Crippen molar-refractivity contribution in [1.82, 2.24) is 14.9 Å². The Hall–Kier alpha value is -3.90. The summed E-state index contributed by atoms with van der Waals surface area (Å²) in [6.07, 6.45) is -0.465. The second kappa shape index (κ2) is 8.71. The number of aliphatic hydroxyl groups excluding tert-OH is 1. The first-order valence-electron chi connectivity index (χ1n) is 10.8. The molecule has 180 valence electrons. The molecule has 0 aliphatic carbocycles. The predicted octanol–water partition coefficient (Wildman–Crippen LogP) is 2.71. The lowest BCUT2D eigenvalue weighted by Crippen LogP contribution is -2.61. The first kappa shape index (κ1) is 22.9. The summed E-state index contributed by atoms with van der Waals surface area (Å²) in [6, 6.07) is 10.6. The molecule has 1 saturated heterocycles. The molecule has 0 radical (unpaired) electrons. The van der Waals surface area contributed by atoms with Gasteiger partial charge in [0.1, 0.15) is 12.3 Å². The second-order valence-corrected chi connectivity index (χ2v) is 9.52. The highest BCUT2D eigenvalue weighted by atomic mass is 32.2. The molecule has 3 atom stereocenters. The standard InChI is InChI=1S/C23H21N5O6S/c1-11(29)19-17-9-18(35-23-25-15-7-4-13(24)8-16(15)26-23)20(27(17)21(19)30)22(31)34-10-12-2-5-14(6-3-12)28(32)33/h2-8,11,17,19,29H,9-10,24H2,1H3,(H,25,26)/t11-,17-,19-/m1/s1. The summed E-state index contributed by atoms with van der Waals surface area (Å²) in [6.45, 7) is 1.44. The van der Waals surface area contributed by atoms with Crippen LogP contribution in [-0.4, -0.2) is 48.9 Å². The fraction of sp³-hybridized carbons (Fsp3) is 0.261. The molecule has 35 heavy (non-hydrogen) atoms. The van der Waals surface area contributed by atoms with Crippen LogP contribution in [0.5, 0.6) is 0 Å². The third-order valence-electron chi connectivity index (χ3n) is 6.10. The van der Waals surface area contributed by atoms with Crippen LogP contribution in [0.15, 0.2) is 58.2 Å². The summed E-state index contributed by atoms with van der Waals surface area (Å²) in [5.74, 6) is -1.62. The number of aliphatic hydroxyl groups is 1. The van der Waals surface area contributed by atoms with Crippen molar-refractivity contribution in [3.63, 3.8) is 0 Å². The number of carbonyl (C=O) groups is 2. The van der Waals surface area contributed by atoms with Crippen LogP contribution in [0.3, 0.4) is 0 Å². The van der Waals surface area contributed by atoms with Gasteiger partial charge in [-0.1, -0.05) is 11.8 Å². The van der Waals surface area contributed by atoms with Crippen LogP contribution >= 0.6 is 11.8 Å². The number of nitrogen functional groups attached to an aromatic ring is 1. The number of nitrogens with two attached hydrogens (primary N) is 1. The number of nitrogens with zero attached hydrogens (tertiary/aromatic N) is 3. The summed E-state index contributed by atoms with van der Waals surface area (Å²) in [5.41, 5.74) is 8.51. The fourth-order valence-electron chi connectivity index (χ4n) is 4.41. The number of thioether (sulfide) groups is 1. The number of H-pyrrole nitrogens is 1. The van der Waals surface area contributed by atoms with E-state index in [9.17, 15) is 24.8 Å². The van der Waals surface area contributed by atoms with E-state index in [1.54, 1.807) is 25.1 Å². The van der Waals surface area contributed by atoms with E-state index in [1.165, 1.54) is 40.9 Å². The quantitative estimate of drug-likeness (QED) is 0.147. The van der Waals surface area contributed by atoms with Crippen molar-refractivity contribution < 1.29 is 24.4 Å². The van der Waals surface area contributed by atoms with Crippen molar-refractivity contribution in [2.45, 2.75) is 37.3 Å². The number of amides is 1. The van der Waals surface area contributed by atoms with E-state index < -0.39 is 22.9 Å². The monoisotopic (exact) mass is 495 g/mol. The lowest BCUT2D eigenvalue weighted by molar-refractivity contribution is -0.384. The first-order chi connectivity index (χ1) is 16.7. The van der Waals surface area contributed by atoms with Crippen LogP contribution < -0.4 is 5.73 Å². The molecule has 0 bridgehead atoms. The minimum Gasteiger partial charge on any atom is -0.456 e. The van der Waals surface area contributed by atoms with E-state index in [0.29, 0.717) is 33.2 Å². The Morgan fingerprint density at radius 3 is 2.80 bits per heavy atom. The van der Waals surface area contributed by atoms with E-state index in [4.69, 9.17) is 10.5 Å². The highest BCUT2D eigenvalue weighted by molar-refractivity contribution is 8.03. The molecule has 2 aliphatic heterocycles. The lowest BCUT2D eigenvalue weighted by Gasteiger charge is -2.44. The second-order valence-electron chi connectivity index (χ2n) is 8.44. The van der Waals surface area contributed by atoms with Crippen molar-refractivity contribution in [2.75, 3.05) is 5.73 Å². The van der Waals surface area contributed by atoms with Gasteiger partial charge < -0.3 is 25.5 Å². The van der Waals surface area contributed by atoms with Gasteiger partial charge in [0.2, 0.25) is 5.91 Å². The molecule has 5 rings (SSSR count). The molecule has 2 aromatic carbocycles. The fourth-order valence-corrected chi connectivity index (χ4v) is 5.48. The molecule has 1 aromatic heterocycles. The number of β-lactam (4-membered cyclic amide) rings is 1. The zero-order valence-corrected chi connectivity index (χ0v) is 19.3. The molecule has 12 heteroatoms. The van der Waals surface area contributed by atoms with Gasteiger partial charge in [-0.25, -0.2) is 9.78 Å². The third-order valence-corrected chi connectivity index (χ3v) is 7.10. The highest BCUT2D eigenvalue weighted by Gasteiger charge is 2.57. The van der Waals surface area contributed by atoms with Crippen LogP contribution in [0.2, 0.25) is 0 Å². The molecular weight excluding hydrogens is 474 g/mol. The number of benzene rings is 2. The van der Waals surface area contributed by atoms with E-state index in [-0.39, 0.29) is 29.9 Å². The molecule has 11 nitrogen and oxygen atoms in total. The molecule has 3 heterocycles. The molecule has 2 aliphatic rings. The van der Waals surface area contributed by atoms with Crippen LogP contribution in [0.1, 0.15) is 18.9 Å². The van der Waals surface area contributed by atoms with E-state index in [2.05, 4.69) is 9.97 Å². The van der Waals surface area contributed by atoms with Gasteiger partial charge in [0, 0.05) is 29.1 Å².